The molecule has 0 aliphatic heterocycles. The Kier molecular flexibility index (Phi) is 5.40. The Hall–Kier alpha value is -1.51. The molecule has 1 atom stereocenters. The maximum absolute atomic E-state index is 11.5. The van der Waals surface area contributed by atoms with Crippen LogP contribution in [0.25, 0.3) is 0 Å². The Bertz CT molecular complexity index is 420. The zero-order valence-electron chi connectivity index (χ0n) is 12.2. The van der Waals surface area contributed by atoms with Gasteiger partial charge in [0.1, 0.15) is 5.60 Å². The topological polar surface area (TPSA) is 64.3 Å². The highest BCUT2D eigenvalue weighted by molar-refractivity contribution is 5.68. The van der Waals surface area contributed by atoms with E-state index in [1.54, 1.807) is 0 Å². The van der Waals surface area contributed by atoms with Crippen molar-refractivity contribution in [1.82, 2.24) is 5.32 Å². The molecule has 1 unspecified atom stereocenters. The van der Waals surface area contributed by atoms with Crippen LogP contribution in [0.3, 0.4) is 0 Å². The highest BCUT2D eigenvalue weighted by atomic mass is 16.6. The number of alkyl carbamates (subject to hydrolysis) is 1. The summed E-state index contributed by atoms with van der Waals surface area (Å²) < 4.78 is 5.18. The van der Waals surface area contributed by atoms with Crippen molar-refractivity contribution in [3.63, 3.8) is 0 Å². The molecule has 106 valence electrons. The van der Waals surface area contributed by atoms with Gasteiger partial charge in [0.2, 0.25) is 0 Å². The van der Waals surface area contributed by atoms with Gasteiger partial charge < -0.3 is 15.8 Å². The highest BCUT2D eigenvalue weighted by Gasteiger charge is 2.16. The number of carbonyl (C=O) groups is 1. The summed E-state index contributed by atoms with van der Waals surface area (Å²) in [6, 6.07) is 0. The number of allylic oxidation sites excluding steroid dienone is 1. The maximum Gasteiger partial charge on any atom is 0.407 e. The largest absolute Gasteiger partial charge is 0.444 e. The van der Waals surface area contributed by atoms with Crippen molar-refractivity contribution in [3.8, 4) is 0 Å². The van der Waals surface area contributed by atoms with E-state index in [1.807, 2.05) is 32.9 Å². The fourth-order valence-corrected chi connectivity index (χ4v) is 1.80. The molecule has 0 aromatic rings. The van der Waals surface area contributed by atoms with Crippen molar-refractivity contribution in [2.75, 3.05) is 13.1 Å². The fourth-order valence-electron chi connectivity index (χ4n) is 1.80. The average Bonchev–Trinajstić information content (AvgIpc) is 2.75. The monoisotopic (exact) mass is 264 g/mol. The van der Waals surface area contributed by atoms with Gasteiger partial charge in [0.05, 0.1) is 0 Å². The van der Waals surface area contributed by atoms with Crippen LogP contribution in [-0.2, 0) is 4.74 Å². The number of hydrogen-bond donors (Lipinski definition) is 2. The van der Waals surface area contributed by atoms with Crippen LogP contribution in [0.5, 0.6) is 0 Å². The smallest absolute Gasteiger partial charge is 0.407 e. The third-order valence-electron chi connectivity index (χ3n) is 2.82. The first kappa shape index (κ1) is 15.5. The molecule has 0 bridgehead atoms. The lowest BCUT2D eigenvalue weighted by atomic mass is 9.97. The van der Waals surface area contributed by atoms with E-state index in [1.165, 1.54) is 0 Å². The van der Waals surface area contributed by atoms with Gasteiger partial charge in [-0.1, -0.05) is 6.92 Å². The standard InChI is InChI=1S/C15H24N2O2/c1-5-12(9-16)13-7-6-11(8-13)10-17-14(18)19-15(2,3)4/h6,8,12H,5,9-10,16H2,1-4H3,(H,17,18). The number of nitrogens with two attached hydrogens (primary N) is 1. The van der Waals surface area contributed by atoms with Gasteiger partial charge in [0, 0.05) is 12.5 Å². The molecule has 3 N–H and O–H groups in total. The van der Waals surface area contributed by atoms with E-state index >= 15 is 0 Å². The van der Waals surface area contributed by atoms with Crippen LogP contribution in [0, 0.1) is 5.92 Å². The molecular formula is C15H24N2O2. The molecule has 0 aromatic carbocycles. The first-order chi connectivity index (χ1) is 8.85. The van der Waals surface area contributed by atoms with Crippen LogP contribution in [0.15, 0.2) is 29.0 Å². The predicted octanol–water partition coefficient (Wildman–Crippen LogP) is 2.52. The van der Waals surface area contributed by atoms with Gasteiger partial charge in [0.25, 0.3) is 0 Å². The Morgan fingerprint density at radius 3 is 2.74 bits per heavy atom. The van der Waals surface area contributed by atoms with E-state index in [0.717, 1.165) is 17.6 Å². The molecule has 4 nitrogen and oxygen atoms in total. The van der Waals surface area contributed by atoms with Gasteiger partial charge in [-0.2, -0.15) is 0 Å². The number of nitrogens with one attached hydrogen (secondary N) is 1. The molecular weight excluding hydrogens is 240 g/mol. The minimum absolute atomic E-state index is 0.343. The summed E-state index contributed by atoms with van der Waals surface area (Å²) in [7, 11) is 0. The van der Waals surface area contributed by atoms with Crippen LogP contribution in [0.1, 0.15) is 34.1 Å². The molecule has 1 amide bonds. The third-order valence-corrected chi connectivity index (χ3v) is 2.82. The number of rotatable bonds is 5. The summed E-state index contributed by atoms with van der Waals surface area (Å²) in [5.41, 5.74) is 10.6. The molecule has 0 saturated heterocycles. The summed E-state index contributed by atoms with van der Waals surface area (Å²) in [5, 5.41) is 2.73. The van der Waals surface area contributed by atoms with Crippen molar-refractivity contribution in [2.24, 2.45) is 11.7 Å². The summed E-state index contributed by atoms with van der Waals surface area (Å²) >= 11 is 0. The van der Waals surface area contributed by atoms with Crippen LogP contribution < -0.4 is 11.1 Å². The lowest BCUT2D eigenvalue weighted by Crippen LogP contribution is -2.33. The lowest BCUT2D eigenvalue weighted by Gasteiger charge is -2.19. The number of amides is 1. The van der Waals surface area contributed by atoms with Gasteiger partial charge in [-0.25, -0.2) is 4.79 Å². The predicted molar refractivity (Wildman–Crippen MR) is 76.8 cm³/mol. The van der Waals surface area contributed by atoms with E-state index < -0.39 is 11.7 Å². The summed E-state index contributed by atoms with van der Waals surface area (Å²) in [5.74, 6) is 0.343. The third kappa shape index (κ3) is 5.33. The molecule has 0 heterocycles. The van der Waals surface area contributed by atoms with Gasteiger partial charge >= 0.3 is 6.09 Å². The van der Waals surface area contributed by atoms with Gasteiger partial charge in [-0.15, -0.1) is 5.73 Å². The first-order valence-electron chi connectivity index (χ1n) is 6.69. The fraction of sp³-hybridized carbons (Fsp3) is 0.600. The van der Waals surface area contributed by atoms with E-state index in [4.69, 9.17) is 10.5 Å². The molecule has 0 aromatic heterocycles. The number of hydrogen-bond acceptors (Lipinski definition) is 3. The molecule has 1 aliphatic rings. The van der Waals surface area contributed by atoms with Crippen molar-refractivity contribution in [3.05, 3.63) is 29.0 Å². The maximum atomic E-state index is 11.5. The highest BCUT2D eigenvalue weighted by Crippen LogP contribution is 2.20. The zero-order valence-corrected chi connectivity index (χ0v) is 12.2. The van der Waals surface area contributed by atoms with Crippen molar-refractivity contribution < 1.29 is 9.53 Å². The van der Waals surface area contributed by atoms with E-state index in [0.29, 0.717) is 19.0 Å². The van der Waals surface area contributed by atoms with Crippen molar-refractivity contribution in [1.29, 1.82) is 0 Å². The van der Waals surface area contributed by atoms with E-state index in [-0.39, 0.29) is 0 Å². The Labute approximate surface area is 115 Å². The van der Waals surface area contributed by atoms with E-state index in [2.05, 4.69) is 18.0 Å². The average molecular weight is 264 g/mol. The molecule has 0 fully saturated rings. The summed E-state index contributed by atoms with van der Waals surface area (Å²) in [6.07, 6.45) is 4.53. The quantitative estimate of drug-likeness (QED) is 0.750. The molecule has 0 saturated carbocycles. The SMILES string of the molecule is CCC(CN)C1=C=CC(CNC(=O)OC(C)(C)C)=C1. The summed E-state index contributed by atoms with van der Waals surface area (Å²) in [4.78, 5) is 11.5. The number of carbonyl (C=O) groups excluding carboxylic acids is 1. The first-order valence-corrected chi connectivity index (χ1v) is 6.69. The zero-order chi connectivity index (χ0) is 14.5. The van der Waals surface area contributed by atoms with Gasteiger partial charge in [0.15, 0.2) is 0 Å². The molecule has 1 rings (SSSR count). The molecule has 19 heavy (non-hydrogen) atoms. The van der Waals surface area contributed by atoms with Crippen LogP contribution in [0.2, 0.25) is 0 Å². The second-order valence-electron chi connectivity index (χ2n) is 5.66. The minimum atomic E-state index is -0.472. The number of ether oxygens (including phenoxy) is 1. The van der Waals surface area contributed by atoms with Gasteiger partial charge in [-0.05, 0) is 57.0 Å². The minimum Gasteiger partial charge on any atom is -0.444 e. The van der Waals surface area contributed by atoms with Crippen LogP contribution in [-0.4, -0.2) is 24.8 Å². The van der Waals surface area contributed by atoms with Crippen LogP contribution >= 0.6 is 0 Å². The summed E-state index contributed by atoms with van der Waals surface area (Å²) in [6.45, 7) is 8.70. The van der Waals surface area contributed by atoms with Crippen molar-refractivity contribution >= 4 is 6.09 Å². The normalized spacial score (nSPS) is 15.8. The molecule has 0 spiro atoms. The van der Waals surface area contributed by atoms with E-state index in [9.17, 15) is 4.79 Å². The lowest BCUT2D eigenvalue weighted by molar-refractivity contribution is 0.0533. The van der Waals surface area contributed by atoms with Gasteiger partial charge in [-0.3, -0.25) is 0 Å². The Balaban J connectivity index is 2.44. The molecule has 0 radical (unpaired) electrons. The molecule has 4 heteroatoms. The second kappa shape index (κ2) is 6.60. The van der Waals surface area contributed by atoms with Crippen molar-refractivity contribution in [2.45, 2.75) is 39.7 Å². The van der Waals surface area contributed by atoms with Crippen LogP contribution in [0.4, 0.5) is 4.79 Å². The Morgan fingerprint density at radius 2 is 2.21 bits per heavy atom. The second-order valence-corrected chi connectivity index (χ2v) is 5.66. The molecule has 1 aliphatic carbocycles. The Morgan fingerprint density at radius 1 is 1.53 bits per heavy atom.